The van der Waals surface area contributed by atoms with Crippen LogP contribution in [-0.4, -0.2) is 35.5 Å². The molecular formula is C16H23N3O. The van der Waals surface area contributed by atoms with Gasteiger partial charge in [0.05, 0.1) is 18.7 Å². The second kappa shape index (κ2) is 7.31. The minimum Gasteiger partial charge on any atom is -0.312 e. The van der Waals surface area contributed by atoms with Crippen molar-refractivity contribution in [1.29, 1.82) is 5.26 Å². The number of nitriles is 1. The van der Waals surface area contributed by atoms with E-state index >= 15 is 0 Å². The molecule has 0 bridgehead atoms. The Balaban J connectivity index is 1.87. The van der Waals surface area contributed by atoms with Crippen LogP contribution < -0.4 is 5.32 Å². The van der Waals surface area contributed by atoms with E-state index in [-0.39, 0.29) is 18.0 Å². The van der Waals surface area contributed by atoms with Gasteiger partial charge in [0.25, 0.3) is 0 Å². The highest BCUT2D eigenvalue weighted by Crippen LogP contribution is 2.23. The lowest BCUT2D eigenvalue weighted by atomic mass is 10.1. The minimum absolute atomic E-state index is 0.0266. The van der Waals surface area contributed by atoms with Crippen LogP contribution in [-0.2, 0) is 4.79 Å². The minimum atomic E-state index is -0.348. The molecule has 2 rings (SSSR count). The van der Waals surface area contributed by atoms with Crippen LogP contribution in [0.4, 0.5) is 0 Å². The summed E-state index contributed by atoms with van der Waals surface area (Å²) in [5.41, 5.74) is 0. The van der Waals surface area contributed by atoms with E-state index in [2.05, 4.69) is 17.3 Å². The van der Waals surface area contributed by atoms with Gasteiger partial charge < -0.3 is 10.2 Å². The molecule has 20 heavy (non-hydrogen) atoms. The van der Waals surface area contributed by atoms with Crippen LogP contribution in [0, 0.1) is 23.7 Å². The Hall–Kier alpha value is -1.52. The number of nitrogens with zero attached hydrogens (tertiary/aromatic N) is 2. The Morgan fingerprint density at radius 1 is 1.15 bits per heavy atom. The van der Waals surface area contributed by atoms with E-state index in [1.54, 1.807) is 4.90 Å². The summed E-state index contributed by atoms with van der Waals surface area (Å²) in [5.74, 6) is 2.61. The molecule has 0 aromatic carbocycles. The molecule has 1 amide bonds. The molecule has 0 aromatic rings. The summed E-state index contributed by atoms with van der Waals surface area (Å²) >= 11 is 0. The maximum atomic E-state index is 12.3. The van der Waals surface area contributed by atoms with Gasteiger partial charge in [-0.15, -0.1) is 6.42 Å². The van der Waals surface area contributed by atoms with Crippen LogP contribution in [0.15, 0.2) is 0 Å². The fraction of sp³-hybridized carbons (Fsp3) is 0.750. The van der Waals surface area contributed by atoms with Crippen LogP contribution in [0.25, 0.3) is 0 Å². The summed E-state index contributed by atoms with van der Waals surface area (Å²) in [6.45, 7) is 0.307. The van der Waals surface area contributed by atoms with Gasteiger partial charge in [-0.25, -0.2) is 0 Å². The summed E-state index contributed by atoms with van der Waals surface area (Å²) in [6, 6.07) is 2.07. The van der Waals surface area contributed by atoms with Crippen molar-refractivity contribution in [3.05, 3.63) is 0 Å². The quantitative estimate of drug-likeness (QED) is 0.630. The summed E-state index contributed by atoms with van der Waals surface area (Å²) < 4.78 is 0. The molecule has 4 heteroatoms. The molecule has 4 nitrogen and oxygen atoms in total. The van der Waals surface area contributed by atoms with E-state index in [1.165, 1.54) is 25.7 Å². The van der Waals surface area contributed by atoms with E-state index < -0.39 is 0 Å². The van der Waals surface area contributed by atoms with E-state index in [9.17, 15) is 4.79 Å². The molecule has 1 N–H and O–H groups in total. The predicted octanol–water partition coefficient (Wildman–Crippen LogP) is 1.82. The topological polar surface area (TPSA) is 56.1 Å². The van der Waals surface area contributed by atoms with Crippen molar-refractivity contribution in [2.24, 2.45) is 0 Å². The van der Waals surface area contributed by atoms with Crippen molar-refractivity contribution >= 4 is 5.91 Å². The van der Waals surface area contributed by atoms with Crippen molar-refractivity contribution in [1.82, 2.24) is 10.2 Å². The van der Waals surface area contributed by atoms with Crippen LogP contribution in [0.5, 0.6) is 0 Å². The molecule has 2 fully saturated rings. The van der Waals surface area contributed by atoms with Crippen molar-refractivity contribution in [2.75, 3.05) is 6.54 Å². The molecule has 1 saturated heterocycles. The smallest absolute Gasteiger partial charge is 0.238 e. The van der Waals surface area contributed by atoms with Gasteiger partial charge in [-0.3, -0.25) is 4.79 Å². The number of hydrogen-bond acceptors (Lipinski definition) is 3. The van der Waals surface area contributed by atoms with Gasteiger partial charge in [0.15, 0.2) is 0 Å². The third kappa shape index (κ3) is 3.52. The lowest BCUT2D eigenvalue weighted by molar-refractivity contribution is -0.131. The van der Waals surface area contributed by atoms with Gasteiger partial charge in [0.2, 0.25) is 5.91 Å². The lowest BCUT2D eigenvalue weighted by Crippen LogP contribution is -2.46. The van der Waals surface area contributed by atoms with Crippen molar-refractivity contribution in [3.8, 4) is 18.4 Å². The molecule has 1 heterocycles. The summed E-state index contributed by atoms with van der Waals surface area (Å²) in [6.07, 6.45) is 14.3. The highest BCUT2D eigenvalue weighted by molar-refractivity contribution is 5.80. The van der Waals surface area contributed by atoms with Gasteiger partial charge in [-0.05, 0) is 25.7 Å². The molecule has 1 saturated carbocycles. The van der Waals surface area contributed by atoms with Crippen LogP contribution in [0.3, 0.4) is 0 Å². The normalized spacial score (nSPS) is 27.6. The van der Waals surface area contributed by atoms with Crippen molar-refractivity contribution in [3.63, 3.8) is 0 Å². The fourth-order valence-electron chi connectivity index (χ4n) is 3.26. The van der Waals surface area contributed by atoms with Gasteiger partial charge in [-0.2, -0.15) is 5.26 Å². The number of rotatable bonds is 3. The third-order valence-electron chi connectivity index (χ3n) is 4.41. The molecule has 2 atom stereocenters. The number of likely N-dealkylation sites (tertiary alicyclic amines) is 1. The molecule has 2 aliphatic rings. The number of nitrogens with one attached hydrogen (secondary N) is 1. The van der Waals surface area contributed by atoms with Gasteiger partial charge >= 0.3 is 0 Å². The maximum Gasteiger partial charge on any atom is 0.238 e. The molecule has 0 radical (unpaired) electrons. The molecule has 0 aromatic heterocycles. The van der Waals surface area contributed by atoms with E-state index in [4.69, 9.17) is 11.7 Å². The van der Waals surface area contributed by atoms with Gasteiger partial charge in [-0.1, -0.05) is 31.6 Å². The van der Waals surface area contributed by atoms with E-state index in [1.807, 2.05) is 0 Å². The molecule has 108 valence electrons. The number of terminal acetylenes is 1. The van der Waals surface area contributed by atoms with Crippen molar-refractivity contribution in [2.45, 2.75) is 69.5 Å². The first-order valence-electron chi connectivity index (χ1n) is 7.66. The Labute approximate surface area is 121 Å². The summed E-state index contributed by atoms with van der Waals surface area (Å²) in [5, 5.41) is 12.5. The zero-order valence-corrected chi connectivity index (χ0v) is 12.0. The maximum absolute atomic E-state index is 12.3. The first-order valence-corrected chi connectivity index (χ1v) is 7.66. The number of amides is 1. The first kappa shape index (κ1) is 14.9. The van der Waals surface area contributed by atoms with Crippen molar-refractivity contribution < 1.29 is 4.79 Å². The molecule has 1 aliphatic carbocycles. The Morgan fingerprint density at radius 3 is 2.40 bits per heavy atom. The van der Waals surface area contributed by atoms with Gasteiger partial charge in [0.1, 0.15) is 6.04 Å². The average molecular weight is 273 g/mol. The molecule has 0 spiro atoms. The molecule has 1 unspecified atom stereocenters. The molecule has 1 aliphatic heterocycles. The second-order valence-corrected chi connectivity index (χ2v) is 5.78. The van der Waals surface area contributed by atoms with Crippen LogP contribution in [0.1, 0.15) is 51.4 Å². The predicted molar refractivity (Wildman–Crippen MR) is 77.6 cm³/mol. The third-order valence-corrected chi connectivity index (χ3v) is 4.41. The standard InChI is InChI=1S/C16H23N3O/c1-2-14-9-10-15(11-17)19(14)16(20)12-18-13-7-5-3-4-6-8-13/h1,13-15,18H,3-10,12H2/t14?,15-/m0/s1. The largest absolute Gasteiger partial charge is 0.312 e. The van der Waals surface area contributed by atoms with Crippen LogP contribution in [0.2, 0.25) is 0 Å². The lowest BCUT2D eigenvalue weighted by Gasteiger charge is -2.25. The van der Waals surface area contributed by atoms with Gasteiger partial charge in [0, 0.05) is 6.04 Å². The Bertz CT molecular complexity index is 390. The highest BCUT2D eigenvalue weighted by atomic mass is 16.2. The van der Waals surface area contributed by atoms with E-state index in [0.717, 1.165) is 19.3 Å². The monoisotopic (exact) mass is 273 g/mol. The average Bonchev–Trinajstić information content (AvgIpc) is 2.72. The second-order valence-electron chi connectivity index (χ2n) is 5.78. The fourth-order valence-corrected chi connectivity index (χ4v) is 3.26. The number of carbonyl (C=O) groups is 1. The number of hydrogen-bond donors (Lipinski definition) is 1. The molecular weight excluding hydrogens is 250 g/mol. The van der Waals surface area contributed by atoms with Crippen LogP contribution >= 0.6 is 0 Å². The summed E-state index contributed by atoms with van der Waals surface area (Å²) in [4.78, 5) is 13.9. The van der Waals surface area contributed by atoms with E-state index in [0.29, 0.717) is 19.0 Å². The highest BCUT2D eigenvalue weighted by Gasteiger charge is 2.35. The number of carbonyl (C=O) groups excluding carboxylic acids is 1. The summed E-state index contributed by atoms with van der Waals surface area (Å²) in [7, 11) is 0. The Morgan fingerprint density at radius 2 is 1.80 bits per heavy atom. The zero-order chi connectivity index (χ0) is 14.4. The SMILES string of the molecule is C#CC1CC[C@@H](C#N)N1C(=O)CNC1CCCCCC1. The zero-order valence-electron chi connectivity index (χ0n) is 12.0. The Kier molecular flexibility index (Phi) is 5.44. The first-order chi connectivity index (χ1) is 9.76.